The number of carbonyl (C=O) groups is 1. The molecule has 31 heavy (non-hydrogen) atoms. The number of benzene rings is 2. The Morgan fingerprint density at radius 2 is 1.94 bits per heavy atom. The Morgan fingerprint density at radius 3 is 2.74 bits per heavy atom. The van der Waals surface area contributed by atoms with Gasteiger partial charge < -0.3 is 20.1 Å². The van der Waals surface area contributed by atoms with Crippen LogP contribution in [0.3, 0.4) is 0 Å². The van der Waals surface area contributed by atoms with E-state index in [2.05, 4.69) is 17.6 Å². The smallest absolute Gasteiger partial charge is 0.256 e. The average molecular weight is 435 g/mol. The first-order chi connectivity index (χ1) is 15.1. The molecule has 2 N–H and O–H groups in total. The monoisotopic (exact) mass is 434 g/mol. The molecule has 5 nitrogen and oxygen atoms in total. The van der Waals surface area contributed by atoms with E-state index in [4.69, 9.17) is 9.47 Å². The number of amides is 1. The maximum atomic E-state index is 13.0. The van der Waals surface area contributed by atoms with Gasteiger partial charge in [-0.05, 0) is 54.0 Å². The normalized spacial score (nSPS) is 19.6. The first-order valence-corrected chi connectivity index (χ1v) is 11.5. The van der Waals surface area contributed by atoms with Crippen LogP contribution < -0.4 is 20.1 Å². The molecule has 160 valence electrons. The quantitative estimate of drug-likeness (QED) is 0.571. The zero-order valence-electron chi connectivity index (χ0n) is 17.7. The molecule has 0 saturated carbocycles. The van der Waals surface area contributed by atoms with Gasteiger partial charge in [-0.2, -0.15) is 0 Å². The van der Waals surface area contributed by atoms with Crippen molar-refractivity contribution in [2.24, 2.45) is 5.92 Å². The zero-order chi connectivity index (χ0) is 21.4. The Labute approximate surface area is 186 Å². The van der Waals surface area contributed by atoms with Crippen molar-refractivity contribution in [3.8, 4) is 11.5 Å². The number of fused-ring (bicyclic) bond motifs is 3. The van der Waals surface area contributed by atoms with Crippen LogP contribution in [0, 0.1) is 5.92 Å². The molecule has 0 unspecified atom stereocenters. The molecule has 1 amide bonds. The molecule has 3 aromatic rings. The molecule has 0 bridgehead atoms. The van der Waals surface area contributed by atoms with E-state index in [1.165, 1.54) is 10.4 Å². The SMILES string of the molecule is COc1cc([C@H]2NC(=O)c3c(sc4c3CC[C@H](C)C4)N2)ccc1OCc1ccccc1. The molecule has 0 fully saturated rings. The lowest BCUT2D eigenvalue weighted by Crippen LogP contribution is -2.38. The Hall–Kier alpha value is -2.99. The van der Waals surface area contributed by atoms with Gasteiger partial charge in [0.05, 0.1) is 12.7 Å². The number of rotatable bonds is 5. The summed E-state index contributed by atoms with van der Waals surface area (Å²) in [5.74, 6) is 2.02. The highest BCUT2D eigenvalue weighted by atomic mass is 32.1. The van der Waals surface area contributed by atoms with Crippen LogP contribution >= 0.6 is 11.3 Å². The minimum atomic E-state index is -0.297. The van der Waals surface area contributed by atoms with Crippen LogP contribution in [0.15, 0.2) is 48.5 Å². The van der Waals surface area contributed by atoms with Crippen LogP contribution in [-0.2, 0) is 19.4 Å². The third-order valence-electron chi connectivity index (χ3n) is 6.05. The molecule has 6 heteroatoms. The molecule has 2 aliphatic rings. The number of ether oxygens (including phenoxy) is 2. The predicted octanol–water partition coefficient (Wildman–Crippen LogP) is 5.31. The lowest BCUT2D eigenvalue weighted by atomic mass is 9.88. The topological polar surface area (TPSA) is 59.6 Å². The predicted molar refractivity (Wildman–Crippen MR) is 123 cm³/mol. The zero-order valence-corrected chi connectivity index (χ0v) is 18.6. The van der Waals surface area contributed by atoms with Gasteiger partial charge >= 0.3 is 0 Å². The molecular weight excluding hydrogens is 408 g/mol. The highest BCUT2D eigenvalue weighted by Crippen LogP contribution is 2.43. The number of anilines is 1. The van der Waals surface area contributed by atoms with Crippen molar-refractivity contribution in [2.75, 3.05) is 12.4 Å². The van der Waals surface area contributed by atoms with E-state index in [-0.39, 0.29) is 12.1 Å². The highest BCUT2D eigenvalue weighted by Gasteiger charge is 2.33. The summed E-state index contributed by atoms with van der Waals surface area (Å²) in [5, 5.41) is 7.64. The van der Waals surface area contributed by atoms with E-state index in [0.29, 0.717) is 24.0 Å². The molecule has 1 aromatic heterocycles. The summed E-state index contributed by atoms with van der Waals surface area (Å²) in [7, 11) is 1.63. The minimum absolute atomic E-state index is 0.00849. The third kappa shape index (κ3) is 3.88. The van der Waals surface area contributed by atoms with Gasteiger partial charge in [-0.1, -0.05) is 43.3 Å². The van der Waals surface area contributed by atoms with Gasteiger partial charge in [0.2, 0.25) is 0 Å². The van der Waals surface area contributed by atoms with Crippen LogP contribution in [0.5, 0.6) is 11.5 Å². The largest absolute Gasteiger partial charge is 0.493 e. The molecule has 2 aromatic carbocycles. The average Bonchev–Trinajstić information content (AvgIpc) is 3.16. The minimum Gasteiger partial charge on any atom is -0.493 e. The second kappa shape index (κ2) is 8.27. The number of carbonyl (C=O) groups excluding carboxylic acids is 1. The van der Waals surface area contributed by atoms with Crippen LogP contribution in [0.1, 0.15) is 51.4 Å². The van der Waals surface area contributed by atoms with Crippen molar-refractivity contribution in [1.82, 2.24) is 5.32 Å². The lowest BCUT2D eigenvalue weighted by Gasteiger charge is -2.27. The number of nitrogens with one attached hydrogen (secondary N) is 2. The van der Waals surface area contributed by atoms with E-state index in [1.807, 2.05) is 48.5 Å². The van der Waals surface area contributed by atoms with E-state index in [9.17, 15) is 4.79 Å². The molecule has 1 aliphatic carbocycles. The van der Waals surface area contributed by atoms with Gasteiger partial charge in [0.25, 0.3) is 5.91 Å². The molecular formula is C25H26N2O3S. The van der Waals surface area contributed by atoms with E-state index in [1.54, 1.807) is 18.4 Å². The van der Waals surface area contributed by atoms with E-state index in [0.717, 1.165) is 41.0 Å². The molecule has 2 heterocycles. The fourth-order valence-corrected chi connectivity index (χ4v) is 5.78. The summed E-state index contributed by atoms with van der Waals surface area (Å²) in [6.45, 7) is 2.75. The summed E-state index contributed by atoms with van der Waals surface area (Å²) in [6.07, 6.45) is 2.90. The van der Waals surface area contributed by atoms with Crippen molar-refractivity contribution in [3.05, 3.63) is 75.7 Å². The number of hydrogen-bond donors (Lipinski definition) is 2. The van der Waals surface area contributed by atoms with E-state index < -0.39 is 0 Å². The summed E-state index contributed by atoms with van der Waals surface area (Å²) < 4.78 is 11.5. The lowest BCUT2D eigenvalue weighted by molar-refractivity contribution is 0.0935. The fourth-order valence-electron chi connectivity index (χ4n) is 4.35. The molecule has 0 saturated heterocycles. The summed E-state index contributed by atoms with van der Waals surface area (Å²) >= 11 is 1.73. The van der Waals surface area contributed by atoms with E-state index >= 15 is 0 Å². The Kier molecular flexibility index (Phi) is 5.32. The first-order valence-electron chi connectivity index (χ1n) is 10.7. The standard InChI is InChI=1S/C25H26N2O3S/c1-15-8-10-18-21(12-15)31-25-22(18)24(28)26-23(27-25)17-9-11-19(20(13-17)29-2)30-14-16-6-4-3-5-7-16/h3-7,9,11,13,15,23,27H,8,10,12,14H2,1-2H3,(H,26,28)/t15-,23-/m0/s1. The number of methoxy groups -OCH3 is 1. The maximum absolute atomic E-state index is 13.0. The van der Waals surface area contributed by atoms with Gasteiger partial charge in [0, 0.05) is 4.88 Å². The summed E-state index contributed by atoms with van der Waals surface area (Å²) in [5.41, 5.74) is 4.11. The molecule has 2 atom stereocenters. The molecule has 1 aliphatic heterocycles. The Bertz CT molecular complexity index is 1110. The van der Waals surface area contributed by atoms with Gasteiger partial charge in [-0.3, -0.25) is 4.79 Å². The second-order valence-electron chi connectivity index (χ2n) is 8.29. The van der Waals surface area contributed by atoms with Crippen molar-refractivity contribution >= 4 is 22.2 Å². The van der Waals surface area contributed by atoms with Crippen molar-refractivity contribution < 1.29 is 14.3 Å². The van der Waals surface area contributed by atoms with Crippen LogP contribution in [-0.4, -0.2) is 13.0 Å². The first kappa shape index (κ1) is 19.9. The molecule has 0 radical (unpaired) electrons. The Balaban J connectivity index is 1.36. The van der Waals surface area contributed by atoms with Crippen molar-refractivity contribution in [1.29, 1.82) is 0 Å². The fraction of sp³-hybridized carbons (Fsp3) is 0.320. The number of hydrogen-bond acceptors (Lipinski definition) is 5. The van der Waals surface area contributed by atoms with Crippen LogP contribution in [0.25, 0.3) is 0 Å². The molecule has 5 rings (SSSR count). The van der Waals surface area contributed by atoms with Crippen molar-refractivity contribution in [3.63, 3.8) is 0 Å². The highest BCUT2D eigenvalue weighted by molar-refractivity contribution is 7.16. The van der Waals surface area contributed by atoms with Gasteiger partial charge in [0.1, 0.15) is 17.8 Å². The Morgan fingerprint density at radius 1 is 1.10 bits per heavy atom. The van der Waals surface area contributed by atoms with Gasteiger partial charge in [0.15, 0.2) is 11.5 Å². The van der Waals surface area contributed by atoms with Crippen molar-refractivity contribution in [2.45, 2.75) is 39.0 Å². The number of thiophene rings is 1. The summed E-state index contributed by atoms with van der Waals surface area (Å²) in [4.78, 5) is 14.3. The van der Waals surface area contributed by atoms with Gasteiger partial charge in [-0.15, -0.1) is 11.3 Å². The molecule has 0 spiro atoms. The summed E-state index contributed by atoms with van der Waals surface area (Å²) in [6, 6.07) is 15.8. The van der Waals surface area contributed by atoms with Crippen LogP contribution in [0.4, 0.5) is 5.00 Å². The second-order valence-corrected chi connectivity index (χ2v) is 9.40. The van der Waals surface area contributed by atoms with Crippen LogP contribution in [0.2, 0.25) is 0 Å². The maximum Gasteiger partial charge on any atom is 0.256 e. The van der Waals surface area contributed by atoms with Gasteiger partial charge in [-0.25, -0.2) is 0 Å². The third-order valence-corrected chi connectivity index (χ3v) is 7.23.